The van der Waals surface area contributed by atoms with Gasteiger partial charge in [-0.25, -0.2) is 0 Å². The van der Waals surface area contributed by atoms with Crippen molar-refractivity contribution >= 4 is 51.6 Å². The SMILES string of the molecule is CC(C)Sc1c(C#N)cnc2ccc(/C=C3\SC(=NCC(O)CO)NC3=O)cc12. The van der Waals surface area contributed by atoms with Crippen LogP contribution in [0.3, 0.4) is 0 Å². The molecule has 1 saturated heterocycles. The molecule has 1 aliphatic heterocycles. The molecule has 1 aromatic carbocycles. The van der Waals surface area contributed by atoms with Gasteiger partial charge in [0, 0.05) is 21.7 Å². The van der Waals surface area contributed by atoms with Crippen molar-refractivity contribution in [3.05, 3.63) is 40.4 Å². The van der Waals surface area contributed by atoms with Crippen LogP contribution in [0.5, 0.6) is 0 Å². The molecule has 0 radical (unpaired) electrons. The summed E-state index contributed by atoms with van der Waals surface area (Å²) in [5.74, 6) is -0.270. The van der Waals surface area contributed by atoms with Crippen LogP contribution < -0.4 is 5.32 Å². The van der Waals surface area contributed by atoms with Crippen molar-refractivity contribution in [2.75, 3.05) is 13.2 Å². The number of carbonyl (C=O) groups is 1. The molecule has 1 atom stereocenters. The third-order valence-corrected chi connectivity index (χ3v) is 6.02. The van der Waals surface area contributed by atoms with Gasteiger partial charge in [-0.2, -0.15) is 5.26 Å². The number of nitriles is 1. The third-order valence-electron chi connectivity index (χ3n) is 3.92. The van der Waals surface area contributed by atoms with E-state index in [-0.39, 0.29) is 19.1 Å². The summed E-state index contributed by atoms with van der Waals surface area (Å²) in [6, 6.07) is 7.88. The van der Waals surface area contributed by atoms with Crippen molar-refractivity contribution in [1.82, 2.24) is 10.3 Å². The number of benzene rings is 1. The molecular formula is C20H20N4O3S2. The van der Waals surface area contributed by atoms with E-state index in [1.54, 1.807) is 24.0 Å². The number of hydrogen-bond donors (Lipinski definition) is 3. The van der Waals surface area contributed by atoms with Crippen LogP contribution in [0.1, 0.15) is 25.0 Å². The molecule has 2 aromatic rings. The van der Waals surface area contributed by atoms with Gasteiger partial charge in [0.25, 0.3) is 5.91 Å². The molecule has 1 aromatic heterocycles. The van der Waals surface area contributed by atoms with Gasteiger partial charge in [0.1, 0.15) is 6.07 Å². The lowest BCUT2D eigenvalue weighted by atomic mass is 10.1. The summed E-state index contributed by atoms with van der Waals surface area (Å²) >= 11 is 2.79. The van der Waals surface area contributed by atoms with Crippen LogP contribution in [0.2, 0.25) is 0 Å². The molecule has 2 heterocycles. The maximum atomic E-state index is 12.2. The van der Waals surface area contributed by atoms with Gasteiger partial charge in [-0.15, -0.1) is 11.8 Å². The fourth-order valence-electron chi connectivity index (χ4n) is 2.62. The van der Waals surface area contributed by atoms with Crippen molar-refractivity contribution in [2.45, 2.75) is 30.1 Å². The number of nitrogens with one attached hydrogen (secondary N) is 1. The number of thioether (sulfide) groups is 2. The van der Waals surface area contributed by atoms with Gasteiger partial charge >= 0.3 is 0 Å². The van der Waals surface area contributed by atoms with E-state index < -0.39 is 6.10 Å². The summed E-state index contributed by atoms with van der Waals surface area (Å²) < 4.78 is 0. The Morgan fingerprint density at radius 3 is 2.93 bits per heavy atom. The standard InChI is InChI=1S/C20H20N4O3S2/c1-11(2)28-18-13(7-21)8-22-16-4-3-12(5-15(16)18)6-17-19(27)24-20(29-17)23-9-14(26)10-25/h3-6,8,11,14,25-26H,9-10H2,1-2H3,(H,23,24,27)/b17-6-. The Morgan fingerprint density at radius 2 is 2.24 bits per heavy atom. The van der Waals surface area contributed by atoms with Gasteiger partial charge in [0.05, 0.1) is 35.2 Å². The Bertz CT molecular complexity index is 1040. The summed E-state index contributed by atoms with van der Waals surface area (Å²) in [5, 5.41) is 31.9. The summed E-state index contributed by atoms with van der Waals surface area (Å²) in [7, 11) is 0. The third kappa shape index (κ3) is 5.16. The summed E-state index contributed by atoms with van der Waals surface area (Å²) in [6.45, 7) is 3.77. The zero-order valence-corrected chi connectivity index (χ0v) is 17.5. The number of aliphatic imine (C=N–C) groups is 1. The smallest absolute Gasteiger partial charge is 0.264 e. The second kappa shape index (κ2) is 9.41. The van der Waals surface area contributed by atoms with E-state index in [2.05, 4.69) is 35.2 Å². The molecule has 0 saturated carbocycles. The van der Waals surface area contributed by atoms with Crippen LogP contribution >= 0.6 is 23.5 Å². The van der Waals surface area contributed by atoms with Crippen LogP contribution in [0.4, 0.5) is 0 Å². The van der Waals surface area contributed by atoms with Crippen LogP contribution in [-0.2, 0) is 4.79 Å². The first-order valence-corrected chi connectivity index (χ1v) is 10.6. The molecule has 1 fully saturated rings. The molecule has 0 spiro atoms. The van der Waals surface area contributed by atoms with E-state index in [1.165, 1.54) is 11.8 Å². The van der Waals surface area contributed by atoms with Crippen LogP contribution in [0, 0.1) is 11.3 Å². The van der Waals surface area contributed by atoms with Gasteiger partial charge in [-0.1, -0.05) is 19.9 Å². The first-order chi connectivity index (χ1) is 13.9. The number of pyridine rings is 1. The second-order valence-electron chi connectivity index (χ2n) is 6.60. The first kappa shape index (κ1) is 21.3. The maximum Gasteiger partial charge on any atom is 0.264 e. The van der Waals surface area contributed by atoms with Gasteiger partial charge in [0.2, 0.25) is 0 Å². The Hall–Kier alpha value is -2.38. The van der Waals surface area contributed by atoms with Gasteiger partial charge in [0.15, 0.2) is 5.17 Å². The molecule has 9 heteroatoms. The van der Waals surface area contributed by atoms with Crippen molar-refractivity contribution in [2.24, 2.45) is 4.99 Å². The lowest BCUT2D eigenvalue weighted by molar-refractivity contribution is -0.115. The first-order valence-electron chi connectivity index (χ1n) is 8.95. The van der Waals surface area contributed by atoms with E-state index in [1.807, 2.05) is 18.2 Å². The van der Waals surface area contributed by atoms with E-state index in [4.69, 9.17) is 5.11 Å². The number of fused-ring (bicyclic) bond motifs is 1. The average molecular weight is 429 g/mol. The molecular weight excluding hydrogens is 408 g/mol. The number of aliphatic hydroxyl groups is 2. The lowest BCUT2D eigenvalue weighted by Crippen LogP contribution is -2.22. The fourth-order valence-corrected chi connectivity index (χ4v) is 4.43. The molecule has 3 rings (SSSR count). The molecule has 7 nitrogen and oxygen atoms in total. The minimum absolute atomic E-state index is 0.0146. The molecule has 150 valence electrons. The second-order valence-corrected chi connectivity index (χ2v) is 9.22. The molecule has 0 bridgehead atoms. The van der Waals surface area contributed by atoms with Crippen LogP contribution in [0.15, 0.2) is 39.2 Å². The van der Waals surface area contributed by atoms with Crippen molar-refractivity contribution in [3.63, 3.8) is 0 Å². The highest BCUT2D eigenvalue weighted by Gasteiger charge is 2.24. The van der Waals surface area contributed by atoms with Crippen molar-refractivity contribution in [1.29, 1.82) is 5.26 Å². The number of amides is 1. The minimum atomic E-state index is -0.952. The number of hydrogen-bond acceptors (Lipinski definition) is 8. The highest BCUT2D eigenvalue weighted by Crippen LogP contribution is 2.34. The largest absolute Gasteiger partial charge is 0.394 e. The Balaban J connectivity index is 1.94. The summed E-state index contributed by atoms with van der Waals surface area (Å²) in [5.41, 5.74) is 2.14. The van der Waals surface area contributed by atoms with E-state index >= 15 is 0 Å². The molecule has 29 heavy (non-hydrogen) atoms. The van der Waals surface area contributed by atoms with E-state index in [0.717, 1.165) is 21.4 Å². The number of aromatic nitrogens is 1. The predicted octanol–water partition coefficient (Wildman–Crippen LogP) is 2.52. The number of aliphatic hydroxyl groups excluding tert-OH is 2. The molecule has 1 amide bonds. The average Bonchev–Trinajstić information content (AvgIpc) is 3.05. The fraction of sp³-hybridized carbons (Fsp3) is 0.300. The minimum Gasteiger partial charge on any atom is -0.394 e. The predicted molar refractivity (Wildman–Crippen MR) is 117 cm³/mol. The Morgan fingerprint density at radius 1 is 1.45 bits per heavy atom. The van der Waals surface area contributed by atoms with Gasteiger partial charge in [-0.3, -0.25) is 14.8 Å². The van der Waals surface area contributed by atoms with Gasteiger partial charge in [-0.05, 0) is 35.5 Å². The number of nitrogens with zero attached hydrogens (tertiary/aromatic N) is 3. The van der Waals surface area contributed by atoms with Crippen LogP contribution in [-0.4, -0.2) is 50.8 Å². The summed E-state index contributed by atoms with van der Waals surface area (Å²) in [4.78, 5) is 22.1. The summed E-state index contributed by atoms with van der Waals surface area (Å²) in [6.07, 6.45) is 2.40. The lowest BCUT2D eigenvalue weighted by Gasteiger charge is -2.11. The quantitative estimate of drug-likeness (QED) is 0.478. The molecule has 1 unspecified atom stereocenters. The highest BCUT2D eigenvalue weighted by atomic mass is 32.2. The van der Waals surface area contributed by atoms with E-state index in [0.29, 0.717) is 20.9 Å². The normalized spacial score (nSPS) is 17.9. The number of carbonyl (C=O) groups excluding carboxylic acids is 1. The number of amidine groups is 1. The maximum absolute atomic E-state index is 12.2. The number of rotatable bonds is 6. The molecule has 1 aliphatic rings. The Labute approximate surface area is 176 Å². The van der Waals surface area contributed by atoms with E-state index in [9.17, 15) is 15.2 Å². The van der Waals surface area contributed by atoms with Crippen molar-refractivity contribution in [3.8, 4) is 6.07 Å². The zero-order chi connectivity index (χ0) is 21.0. The van der Waals surface area contributed by atoms with Gasteiger partial charge < -0.3 is 15.5 Å². The zero-order valence-electron chi connectivity index (χ0n) is 15.9. The monoisotopic (exact) mass is 428 g/mol. The van der Waals surface area contributed by atoms with Crippen molar-refractivity contribution < 1.29 is 15.0 Å². The van der Waals surface area contributed by atoms with Crippen LogP contribution in [0.25, 0.3) is 17.0 Å². The topological polar surface area (TPSA) is 119 Å². The Kier molecular flexibility index (Phi) is 6.92. The molecule has 3 N–H and O–H groups in total. The highest BCUT2D eigenvalue weighted by molar-refractivity contribution is 8.18. The molecule has 0 aliphatic carbocycles.